The van der Waals surface area contributed by atoms with Crippen LogP contribution < -0.4 is 10.6 Å². The van der Waals surface area contributed by atoms with Gasteiger partial charge in [-0.1, -0.05) is 53.0 Å². The summed E-state index contributed by atoms with van der Waals surface area (Å²) >= 11 is 0. The Morgan fingerprint density at radius 3 is 2.50 bits per heavy atom. The van der Waals surface area contributed by atoms with Gasteiger partial charge in [-0.05, 0) is 42.2 Å². The number of carbonyl (C=O) groups excluding carboxylic acids is 3. The third-order valence-corrected chi connectivity index (χ3v) is 7.50. The van der Waals surface area contributed by atoms with E-state index in [9.17, 15) is 23.2 Å². The number of amides is 3. The van der Waals surface area contributed by atoms with Crippen molar-refractivity contribution in [3.05, 3.63) is 58.4 Å². The molecule has 1 aromatic carbocycles. The zero-order valence-corrected chi connectivity index (χ0v) is 22.4. The molecule has 3 amide bonds. The van der Waals surface area contributed by atoms with Crippen LogP contribution in [0.3, 0.4) is 0 Å². The fraction of sp³-hybridized carbons (Fsp3) is 0.517. The fourth-order valence-electron chi connectivity index (χ4n) is 5.38. The molecule has 0 atom stereocenters. The molecule has 0 unspecified atom stereocenters. The standard InChI is InChI=1S/C29H36F2N4O3/c1-17(2)26(36)33-15-18-12-22(24(25(30)31)32-14-18)27(37)34-19-10-11-23-21(13-19)28(38)35(16-29(23,3)4)20-8-6-5-7-9-20/h10-14,17,20,25H,5-9,15-16H2,1-4H3,(H,33,36)(H,34,37). The molecule has 1 fully saturated rings. The van der Waals surface area contributed by atoms with Gasteiger partial charge in [-0.3, -0.25) is 19.4 Å². The summed E-state index contributed by atoms with van der Waals surface area (Å²) in [4.78, 5) is 44.4. The lowest BCUT2D eigenvalue weighted by molar-refractivity contribution is -0.124. The SMILES string of the molecule is CC(C)C(=O)NCc1cnc(C(F)F)c(C(=O)Nc2ccc3c(c2)C(=O)N(C2CCCCC2)CC3(C)C)c1. The van der Waals surface area contributed by atoms with E-state index in [1.807, 2.05) is 11.0 Å². The summed E-state index contributed by atoms with van der Waals surface area (Å²) in [5.74, 6) is -1.24. The van der Waals surface area contributed by atoms with Crippen LogP contribution in [-0.4, -0.2) is 40.2 Å². The van der Waals surface area contributed by atoms with E-state index in [0.717, 1.165) is 31.2 Å². The molecule has 0 radical (unpaired) electrons. The van der Waals surface area contributed by atoms with Gasteiger partial charge in [-0.2, -0.15) is 0 Å². The van der Waals surface area contributed by atoms with Crippen LogP contribution in [0.5, 0.6) is 0 Å². The number of hydrogen-bond acceptors (Lipinski definition) is 4. The molecule has 1 saturated carbocycles. The zero-order valence-electron chi connectivity index (χ0n) is 22.4. The molecular weight excluding hydrogens is 490 g/mol. The fourth-order valence-corrected chi connectivity index (χ4v) is 5.38. The predicted molar refractivity (Wildman–Crippen MR) is 141 cm³/mol. The number of rotatable bonds is 7. The van der Waals surface area contributed by atoms with E-state index in [0.29, 0.717) is 23.4 Å². The van der Waals surface area contributed by atoms with Crippen molar-refractivity contribution in [2.45, 2.75) is 84.2 Å². The minimum absolute atomic E-state index is 0.0554. The number of nitrogens with one attached hydrogen (secondary N) is 2. The van der Waals surface area contributed by atoms with Crippen LogP contribution >= 0.6 is 0 Å². The summed E-state index contributed by atoms with van der Waals surface area (Å²) in [6.07, 6.45) is 3.67. The van der Waals surface area contributed by atoms with E-state index in [-0.39, 0.29) is 41.3 Å². The van der Waals surface area contributed by atoms with Gasteiger partial charge in [0.05, 0.1) is 5.56 Å². The number of fused-ring (bicyclic) bond motifs is 1. The molecule has 38 heavy (non-hydrogen) atoms. The Bertz CT molecular complexity index is 1220. The van der Waals surface area contributed by atoms with Crippen molar-refractivity contribution in [3.63, 3.8) is 0 Å². The number of anilines is 1. The van der Waals surface area contributed by atoms with E-state index < -0.39 is 18.0 Å². The molecule has 0 spiro atoms. The van der Waals surface area contributed by atoms with Gasteiger partial charge in [0.1, 0.15) is 5.69 Å². The maximum Gasteiger partial charge on any atom is 0.281 e. The van der Waals surface area contributed by atoms with Gasteiger partial charge in [0.15, 0.2) is 0 Å². The summed E-state index contributed by atoms with van der Waals surface area (Å²) in [6, 6.07) is 6.71. The summed E-state index contributed by atoms with van der Waals surface area (Å²) in [5, 5.41) is 5.39. The normalized spacial score (nSPS) is 17.5. The van der Waals surface area contributed by atoms with Crippen LogP contribution in [0, 0.1) is 5.92 Å². The Labute approximate surface area is 222 Å². The second kappa shape index (κ2) is 11.2. The summed E-state index contributed by atoms with van der Waals surface area (Å²) < 4.78 is 27.4. The van der Waals surface area contributed by atoms with Gasteiger partial charge in [0, 0.05) is 47.9 Å². The molecule has 1 aliphatic carbocycles. The molecule has 0 bridgehead atoms. The lowest BCUT2D eigenvalue weighted by Crippen LogP contribution is -2.51. The van der Waals surface area contributed by atoms with Crippen molar-refractivity contribution in [2.75, 3.05) is 11.9 Å². The first-order chi connectivity index (χ1) is 18.0. The smallest absolute Gasteiger partial charge is 0.281 e. The minimum Gasteiger partial charge on any atom is -0.352 e. The van der Waals surface area contributed by atoms with Gasteiger partial charge < -0.3 is 15.5 Å². The quantitative estimate of drug-likeness (QED) is 0.491. The highest BCUT2D eigenvalue weighted by Gasteiger charge is 2.39. The molecule has 4 rings (SSSR count). The molecule has 9 heteroatoms. The van der Waals surface area contributed by atoms with Crippen LogP contribution in [0.4, 0.5) is 14.5 Å². The van der Waals surface area contributed by atoms with E-state index in [1.165, 1.54) is 18.7 Å². The second-order valence-electron chi connectivity index (χ2n) is 11.3. The second-order valence-corrected chi connectivity index (χ2v) is 11.3. The van der Waals surface area contributed by atoms with Crippen molar-refractivity contribution >= 4 is 23.4 Å². The lowest BCUT2D eigenvalue weighted by atomic mass is 9.76. The number of pyridine rings is 1. The molecule has 204 valence electrons. The lowest BCUT2D eigenvalue weighted by Gasteiger charge is -2.44. The third kappa shape index (κ3) is 5.87. The average Bonchev–Trinajstić information content (AvgIpc) is 2.89. The average molecular weight is 527 g/mol. The van der Waals surface area contributed by atoms with Crippen molar-refractivity contribution in [1.82, 2.24) is 15.2 Å². The Kier molecular flexibility index (Phi) is 8.13. The van der Waals surface area contributed by atoms with Crippen LogP contribution in [0.25, 0.3) is 0 Å². The first-order valence-corrected chi connectivity index (χ1v) is 13.3. The third-order valence-electron chi connectivity index (χ3n) is 7.50. The maximum absolute atomic E-state index is 13.7. The predicted octanol–water partition coefficient (Wildman–Crippen LogP) is 5.61. The van der Waals surface area contributed by atoms with E-state index in [4.69, 9.17) is 0 Å². The Morgan fingerprint density at radius 1 is 1.13 bits per heavy atom. The zero-order chi connectivity index (χ0) is 27.6. The molecule has 1 aliphatic heterocycles. The van der Waals surface area contributed by atoms with Crippen molar-refractivity contribution in [3.8, 4) is 0 Å². The first kappa shape index (κ1) is 27.7. The number of carbonyl (C=O) groups is 3. The molecule has 0 saturated heterocycles. The Balaban J connectivity index is 1.59. The van der Waals surface area contributed by atoms with Crippen molar-refractivity contribution < 1.29 is 23.2 Å². The van der Waals surface area contributed by atoms with Crippen LogP contribution in [0.2, 0.25) is 0 Å². The highest BCUT2D eigenvalue weighted by atomic mass is 19.3. The number of nitrogens with zero attached hydrogens (tertiary/aromatic N) is 2. The van der Waals surface area contributed by atoms with Crippen LogP contribution in [-0.2, 0) is 16.8 Å². The summed E-state index contributed by atoms with van der Waals surface area (Å²) in [5.41, 5.74) is 1.04. The summed E-state index contributed by atoms with van der Waals surface area (Å²) in [7, 11) is 0. The number of halogens is 2. The molecule has 1 aromatic heterocycles. The number of benzene rings is 1. The minimum atomic E-state index is -2.95. The highest BCUT2D eigenvalue weighted by Crippen LogP contribution is 2.38. The van der Waals surface area contributed by atoms with E-state index in [2.05, 4.69) is 29.5 Å². The molecule has 7 nitrogen and oxygen atoms in total. The molecule has 2 aliphatic rings. The Morgan fingerprint density at radius 2 is 1.84 bits per heavy atom. The van der Waals surface area contributed by atoms with Gasteiger partial charge in [0.25, 0.3) is 18.2 Å². The van der Waals surface area contributed by atoms with Gasteiger partial charge in [0.2, 0.25) is 5.91 Å². The number of alkyl halides is 2. The molecule has 2 N–H and O–H groups in total. The monoisotopic (exact) mass is 526 g/mol. The maximum atomic E-state index is 13.7. The van der Waals surface area contributed by atoms with Crippen molar-refractivity contribution in [2.24, 2.45) is 5.92 Å². The topological polar surface area (TPSA) is 91.4 Å². The summed E-state index contributed by atoms with van der Waals surface area (Å²) in [6.45, 7) is 8.40. The van der Waals surface area contributed by atoms with Gasteiger partial charge in [-0.25, -0.2) is 8.78 Å². The van der Waals surface area contributed by atoms with Crippen LogP contribution in [0.15, 0.2) is 30.5 Å². The largest absolute Gasteiger partial charge is 0.352 e. The van der Waals surface area contributed by atoms with Crippen LogP contribution in [0.1, 0.15) is 104 Å². The molecular formula is C29H36F2N4O3. The number of hydrogen-bond donors (Lipinski definition) is 2. The van der Waals surface area contributed by atoms with Crippen molar-refractivity contribution in [1.29, 1.82) is 0 Å². The van der Waals surface area contributed by atoms with Gasteiger partial charge in [-0.15, -0.1) is 0 Å². The van der Waals surface area contributed by atoms with E-state index in [1.54, 1.807) is 26.0 Å². The molecule has 2 aromatic rings. The van der Waals surface area contributed by atoms with Gasteiger partial charge >= 0.3 is 0 Å². The number of aromatic nitrogens is 1. The highest BCUT2D eigenvalue weighted by molar-refractivity contribution is 6.06. The van der Waals surface area contributed by atoms with E-state index >= 15 is 0 Å². The Hall–Kier alpha value is -3.36. The first-order valence-electron chi connectivity index (χ1n) is 13.3. The molecule has 2 heterocycles.